The molecule has 1 aromatic carbocycles. The maximum atomic E-state index is 11.9. The zero-order valence-electron chi connectivity index (χ0n) is 12.0. The molecule has 1 N–H and O–H groups in total. The van der Waals surface area contributed by atoms with Crippen molar-refractivity contribution >= 4 is 17.6 Å². The van der Waals surface area contributed by atoms with Gasteiger partial charge in [0.2, 0.25) is 5.91 Å². The number of hydrogen-bond donors (Lipinski definition) is 1. The molecule has 1 fully saturated rings. The summed E-state index contributed by atoms with van der Waals surface area (Å²) in [4.78, 5) is 22.9. The maximum absolute atomic E-state index is 11.9. The third kappa shape index (κ3) is 5.07. The van der Waals surface area contributed by atoms with Gasteiger partial charge in [-0.1, -0.05) is 6.07 Å². The third-order valence-electron chi connectivity index (χ3n) is 3.14. The van der Waals surface area contributed by atoms with Crippen LogP contribution in [0.25, 0.3) is 0 Å². The number of amides is 1. The Balaban J connectivity index is 1.84. The monoisotopic (exact) mass is 293 g/mol. The number of nitrogens with one attached hydrogen (secondary N) is 1. The number of ether oxygens (including phenoxy) is 3. The molecule has 6 nitrogen and oxygen atoms in total. The van der Waals surface area contributed by atoms with E-state index in [1.54, 1.807) is 24.3 Å². The summed E-state index contributed by atoms with van der Waals surface area (Å²) in [5.41, 5.74) is 0.625. The number of anilines is 1. The van der Waals surface area contributed by atoms with Crippen LogP contribution in [-0.4, -0.2) is 38.3 Å². The summed E-state index contributed by atoms with van der Waals surface area (Å²) in [5.74, 6) is -0.0508. The van der Waals surface area contributed by atoms with Gasteiger partial charge in [-0.05, 0) is 25.0 Å². The van der Waals surface area contributed by atoms with Gasteiger partial charge < -0.3 is 19.5 Å². The molecule has 0 bridgehead atoms. The van der Waals surface area contributed by atoms with Crippen molar-refractivity contribution in [3.63, 3.8) is 0 Å². The Morgan fingerprint density at radius 2 is 2.29 bits per heavy atom. The van der Waals surface area contributed by atoms with Crippen molar-refractivity contribution in [3.8, 4) is 5.75 Å². The summed E-state index contributed by atoms with van der Waals surface area (Å²) in [6.45, 7) is 0.568. The molecular weight excluding hydrogens is 274 g/mol. The van der Waals surface area contributed by atoms with E-state index in [2.05, 4.69) is 10.1 Å². The number of hydrogen-bond acceptors (Lipinski definition) is 5. The fourth-order valence-corrected chi connectivity index (χ4v) is 2.09. The lowest BCUT2D eigenvalue weighted by Crippen LogP contribution is -2.19. The second-order valence-corrected chi connectivity index (χ2v) is 4.78. The average Bonchev–Trinajstić information content (AvgIpc) is 2.97. The summed E-state index contributed by atoms with van der Waals surface area (Å²) < 4.78 is 15.2. The van der Waals surface area contributed by atoms with Crippen LogP contribution in [0.15, 0.2) is 24.3 Å². The highest BCUT2D eigenvalue weighted by Gasteiger charge is 2.19. The first-order valence-corrected chi connectivity index (χ1v) is 6.88. The lowest BCUT2D eigenvalue weighted by molar-refractivity contribution is -0.142. The van der Waals surface area contributed by atoms with Crippen molar-refractivity contribution in [1.29, 1.82) is 0 Å². The Morgan fingerprint density at radius 3 is 3.00 bits per heavy atom. The first-order chi connectivity index (χ1) is 10.2. The fourth-order valence-electron chi connectivity index (χ4n) is 2.09. The highest BCUT2D eigenvalue weighted by atomic mass is 16.6. The van der Waals surface area contributed by atoms with Gasteiger partial charge in [0.15, 0.2) is 6.61 Å². The van der Waals surface area contributed by atoms with Crippen LogP contribution in [0.1, 0.15) is 19.3 Å². The molecule has 1 saturated heterocycles. The summed E-state index contributed by atoms with van der Waals surface area (Å²) >= 11 is 0. The van der Waals surface area contributed by atoms with E-state index in [0.717, 1.165) is 19.4 Å². The summed E-state index contributed by atoms with van der Waals surface area (Å²) in [6.07, 6.45) is 2.31. The molecule has 1 aliphatic heterocycles. The number of methoxy groups -OCH3 is 1. The molecule has 2 rings (SSSR count). The third-order valence-corrected chi connectivity index (χ3v) is 3.14. The number of carbonyl (C=O) groups excluding carboxylic acids is 2. The lowest BCUT2D eigenvalue weighted by Gasteiger charge is -2.11. The predicted octanol–water partition coefficient (Wildman–Crippen LogP) is 1.75. The van der Waals surface area contributed by atoms with Gasteiger partial charge in [0, 0.05) is 18.4 Å². The first kappa shape index (κ1) is 15.3. The predicted molar refractivity (Wildman–Crippen MR) is 76.2 cm³/mol. The van der Waals surface area contributed by atoms with Crippen LogP contribution in [0.2, 0.25) is 0 Å². The summed E-state index contributed by atoms with van der Waals surface area (Å²) in [6, 6.07) is 6.88. The van der Waals surface area contributed by atoms with Gasteiger partial charge in [0.1, 0.15) is 5.75 Å². The van der Waals surface area contributed by atoms with Crippen molar-refractivity contribution in [2.24, 2.45) is 0 Å². The Kier molecular flexibility index (Phi) is 5.57. The van der Waals surface area contributed by atoms with Crippen molar-refractivity contribution in [3.05, 3.63) is 24.3 Å². The second-order valence-electron chi connectivity index (χ2n) is 4.78. The van der Waals surface area contributed by atoms with Gasteiger partial charge in [-0.2, -0.15) is 0 Å². The fraction of sp³-hybridized carbons (Fsp3) is 0.467. The molecule has 0 saturated carbocycles. The molecule has 0 radical (unpaired) electrons. The van der Waals surface area contributed by atoms with Crippen LogP contribution in [-0.2, 0) is 19.1 Å². The van der Waals surface area contributed by atoms with Gasteiger partial charge in [-0.15, -0.1) is 0 Å². The van der Waals surface area contributed by atoms with E-state index < -0.39 is 5.97 Å². The van der Waals surface area contributed by atoms with E-state index in [1.807, 2.05) is 0 Å². The van der Waals surface area contributed by atoms with Crippen molar-refractivity contribution in [2.75, 3.05) is 25.6 Å². The van der Waals surface area contributed by atoms with Crippen molar-refractivity contribution < 1.29 is 23.8 Å². The minimum Gasteiger partial charge on any atom is -0.482 e. The SMILES string of the molecule is COC(=O)COc1cccc(NC(=O)CC2CCCO2)c1. The quantitative estimate of drug-likeness (QED) is 0.809. The first-order valence-electron chi connectivity index (χ1n) is 6.88. The van der Waals surface area contributed by atoms with E-state index >= 15 is 0 Å². The van der Waals surface area contributed by atoms with Crippen molar-refractivity contribution in [1.82, 2.24) is 0 Å². The molecule has 6 heteroatoms. The van der Waals surface area contributed by atoms with E-state index in [4.69, 9.17) is 9.47 Å². The molecule has 1 aromatic rings. The average molecular weight is 293 g/mol. The smallest absolute Gasteiger partial charge is 0.343 e. The van der Waals surface area contributed by atoms with Gasteiger partial charge in [-0.3, -0.25) is 4.79 Å². The number of carbonyl (C=O) groups is 2. The second kappa shape index (κ2) is 7.64. The number of rotatable bonds is 6. The van der Waals surface area contributed by atoms with Crippen LogP contribution in [0.4, 0.5) is 5.69 Å². The van der Waals surface area contributed by atoms with Gasteiger partial charge in [-0.25, -0.2) is 4.79 Å². The summed E-state index contributed by atoms with van der Waals surface area (Å²) in [5, 5.41) is 2.80. The van der Waals surface area contributed by atoms with E-state index in [1.165, 1.54) is 7.11 Å². The zero-order chi connectivity index (χ0) is 15.1. The normalized spacial score (nSPS) is 17.3. The minimum absolute atomic E-state index is 0.0174. The van der Waals surface area contributed by atoms with Crippen LogP contribution in [0.3, 0.4) is 0 Å². The zero-order valence-corrected chi connectivity index (χ0v) is 12.0. The van der Waals surface area contributed by atoms with E-state index in [0.29, 0.717) is 17.9 Å². The van der Waals surface area contributed by atoms with Crippen molar-refractivity contribution in [2.45, 2.75) is 25.4 Å². The minimum atomic E-state index is -0.456. The van der Waals surface area contributed by atoms with E-state index in [-0.39, 0.29) is 18.6 Å². The molecule has 1 atom stereocenters. The molecule has 0 aromatic heterocycles. The molecule has 114 valence electrons. The van der Waals surface area contributed by atoms with Crippen LogP contribution >= 0.6 is 0 Å². The molecule has 1 amide bonds. The number of esters is 1. The molecule has 1 aliphatic rings. The number of benzene rings is 1. The molecule has 0 spiro atoms. The lowest BCUT2D eigenvalue weighted by atomic mass is 10.2. The highest BCUT2D eigenvalue weighted by Crippen LogP contribution is 2.19. The Labute approximate surface area is 123 Å². The van der Waals surface area contributed by atoms with Gasteiger partial charge in [0.25, 0.3) is 0 Å². The topological polar surface area (TPSA) is 73.9 Å². The molecule has 1 unspecified atom stereocenters. The molecule has 0 aliphatic carbocycles. The Hall–Kier alpha value is -2.08. The Bertz CT molecular complexity index is 497. The Morgan fingerprint density at radius 1 is 1.43 bits per heavy atom. The van der Waals surface area contributed by atoms with Crippen LogP contribution in [0.5, 0.6) is 5.75 Å². The maximum Gasteiger partial charge on any atom is 0.343 e. The van der Waals surface area contributed by atoms with Crippen LogP contribution < -0.4 is 10.1 Å². The van der Waals surface area contributed by atoms with Crippen LogP contribution in [0, 0.1) is 0 Å². The van der Waals surface area contributed by atoms with Gasteiger partial charge >= 0.3 is 5.97 Å². The molecule has 21 heavy (non-hydrogen) atoms. The summed E-state index contributed by atoms with van der Waals surface area (Å²) in [7, 11) is 1.30. The van der Waals surface area contributed by atoms with E-state index in [9.17, 15) is 9.59 Å². The highest BCUT2D eigenvalue weighted by molar-refractivity contribution is 5.91. The standard InChI is InChI=1S/C15H19NO5/c1-19-15(18)10-21-12-5-2-4-11(8-12)16-14(17)9-13-6-3-7-20-13/h2,4-5,8,13H,3,6-7,9-10H2,1H3,(H,16,17). The molecular formula is C15H19NO5. The van der Waals surface area contributed by atoms with Gasteiger partial charge in [0.05, 0.1) is 19.6 Å². The molecule has 1 heterocycles. The largest absolute Gasteiger partial charge is 0.482 e.